The minimum absolute atomic E-state index is 0.147. The molecule has 1 atom stereocenters. The van der Waals surface area contributed by atoms with Gasteiger partial charge in [0.25, 0.3) is 0 Å². The first-order valence-electron chi connectivity index (χ1n) is 5.51. The quantitative estimate of drug-likeness (QED) is 0.839. The predicted molar refractivity (Wildman–Crippen MR) is 64.5 cm³/mol. The van der Waals surface area contributed by atoms with Crippen LogP contribution in [-0.2, 0) is 11.2 Å². The van der Waals surface area contributed by atoms with E-state index in [1.165, 1.54) is 0 Å². The monoisotopic (exact) mass is 232 g/mol. The van der Waals surface area contributed by atoms with Crippen LogP contribution in [0.25, 0.3) is 0 Å². The molecule has 0 fully saturated rings. The molecule has 1 rings (SSSR count). The lowest BCUT2D eigenvalue weighted by atomic mass is 10.1. The fourth-order valence-electron chi connectivity index (χ4n) is 1.44. The standard InChI is InChI=1S/C13H16N2O2/c1-3-11(9-14)15-13(16)8-10-5-4-6-12(7-10)17-2/h4-7,11H,3,8H2,1-2H3,(H,15,16). The van der Waals surface area contributed by atoms with Gasteiger partial charge >= 0.3 is 0 Å². The summed E-state index contributed by atoms with van der Waals surface area (Å²) >= 11 is 0. The Bertz CT molecular complexity index is 424. The molecule has 90 valence electrons. The van der Waals surface area contributed by atoms with Crippen molar-refractivity contribution in [1.29, 1.82) is 5.26 Å². The Morgan fingerprint density at radius 2 is 2.35 bits per heavy atom. The highest BCUT2D eigenvalue weighted by molar-refractivity contribution is 5.79. The van der Waals surface area contributed by atoms with E-state index in [-0.39, 0.29) is 12.3 Å². The van der Waals surface area contributed by atoms with Crippen LogP contribution >= 0.6 is 0 Å². The summed E-state index contributed by atoms with van der Waals surface area (Å²) < 4.78 is 5.08. The molecule has 0 aliphatic heterocycles. The van der Waals surface area contributed by atoms with Crippen molar-refractivity contribution in [3.8, 4) is 11.8 Å². The second-order valence-corrected chi connectivity index (χ2v) is 3.69. The first kappa shape index (κ1) is 13.0. The lowest BCUT2D eigenvalue weighted by Crippen LogP contribution is -2.34. The molecule has 0 radical (unpaired) electrons. The fraction of sp³-hybridized carbons (Fsp3) is 0.385. The van der Waals surface area contributed by atoms with Gasteiger partial charge in [0.05, 0.1) is 19.6 Å². The van der Waals surface area contributed by atoms with E-state index in [0.717, 1.165) is 11.3 Å². The number of nitrogens with one attached hydrogen (secondary N) is 1. The SMILES string of the molecule is CCC(C#N)NC(=O)Cc1cccc(OC)c1. The maximum Gasteiger partial charge on any atom is 0.225 e. The Balaban J connectivity index is 2.59. The van der Waals surface area contributed by atoms with Gasteiger partial charge in [-0.3, -0.25) is 4.79 Å². The van der Waals surface area contributed by atoms with Crippen molar-refractivity contribution in [1.82, 2.24) is 5.32 Å². The van der Waals surface area contributed by atoms with Crippen molar-refractivity contribution in [2.24, 2.45) is 0 Å². The molecule has 1 amide bonds. The van der Waals surface area contributed by atoms with Crippen molar-refractivity contribution in [3.05, 3.63) is 29.8 Å². The number of carbonyl (C=O) groups is 1. The first-order chi connectivity index (χ1) is 8.19. The molecule has 4 nitrogen and oxygen atoms in total. The van der Waals surface area contributed by atoms with Crippen LogP contribution in [0.3, 0.4) is 0 Å². The summed E-state index contributed by atoms with van der Waals surface area (Å²) in [6, 6.07) is 8.96. The first-order valence-corrected chi connectivity index (χ1v) is 5.51. The zero-order valence-corrected chi connectivity index (χ0v) is 10.1. The number of amides is 1. The maximum atomic E-state index is 11.6. The maximum absolute atomic E-state index is 11.6. The van der Waals surface area contributed by atoms with Crippen molar-refractivity contribution < 1.29 is 9.53 Å². The van der Waals surface area contributed by atoms with Crippen LogP contribution in [0, 0.1) is 11.3 Å². The summed E-state index contributed by atoms with van der Waals surface area (Å²) in [5.41, 5.74) is 0.870. The van der Waals surface area contributed by atoms with Crippen LogP contribution in [-0.4, -0.2) is 19.1 Å². The number of hydrogen-bond acceptors (Lipinski definition) is 3. The largest absolute Gasteiger partial charge is 0.497 e. The van der Waals surface area contributed by atoms with Gasteiger partial charge in [-0.2, -0.15) is 5.26 Å². The molecule has 4 heteroatoms. The number of nitrogens with zero attached hydrogens (tertiary/aromatic N) is 1. The summed E-state index contributed by atoms with van der Waals surface area (Å²) in [4.78, 5) is 11.6. The van der Waals surface area contributed by atoms with Crippen LogP contribution < -0.4 is 10.1 Å². The Hall–Kier alpha value is -2.02. The van der Waals surface area contributed by atoms with Gasteiger partial charge in [-0.05, 0) is 24.1 Å². The summed E-state index contributed by atoms with van der Waals surface area (Å²) in [6.07, 6.45) is 0.871. The van der Waals surface area contributed by atoms with E-state index < -0.39 is 6.04 Å². The van der Waals surface area contributed by atoms with Crippen LogP contribution in [0.5, 0.6) is 5.75 Å². The molecule has 0 saturated heterocycles. The Kier molecular flexibility index (Phi) is 5.02. The van der Waals surface area contributed by atoms with Gasteiger partial charge in [0.1, 0.15) is 11.8 Å². The number of benzene rings is 1. The van der Waals surface area contributed by atoms with Crippen molar-refractivity contribution in [2.45, 2.75) is 25.8 Å². The topological polar surface area (TPSA) is 62.1 Å². The third-order valence-corrected chi connectivity index (χ3v) is 2.40. The number of rotatable bonds is 5. The van der Waals surface area contributed by atoms with E-state index in [1.54, 1.807) is 7.11 Å². The van der Waals surface area contributed by atoms with Crippen molar-refractivity contribution in [2.75, 3.05) is 7.11 Å². The average Bonchev–Trinajstić information content (AvgIpc) is 2.36. The molecule has 0 saturated carbocycles. The third-order valence-electron chi connectivity index (χ3n) is 2.40. The van der Waals surface area contributed by atoms with Gasteiger partial charge in [-0.15, -0.1) is 0 Å². The number of hydrogen-bond donors (Lipinski definition) is 1. The Morgan fingerprint density at radius 3 is 2.94 bits per heavy atom. The molecule has 1 unspecified atom stereocenters. The van der Waals surface area contributed by atoms with Gasteiger partial charge in [-0.25, -0.2) is 0 Å². The lowest BCUT2D eigenvalue weighted by molar-refractivity contribution is -0.120. The van der Waals surface area contributed by atoms with Crippen LogP contribution in [0.1, 0.15) is 18.9 Å². The third kappa shape index (κ3) is 4.15. The van der Waals surface area contributed by atoms with E-state index in [9.17, 15) is 4.79 Å². The number of ether oxygens (including phenoxy) is 1. The van der Waals surface area contributed by atoms with Crippen molar-refractivity contribution >= 4 is 5.91 Å². The molecular formula is C13H16N2O2. The lowest BCUT2D eigenvalue weighted by Gasteiger charge is -2.09. The van der Waals surface area contributed by atoms with E-state index >= 15 is 0 Å². The van der Waals surface area contributed by atoms with E-state index in [1.807, 2.05) is 37.3 Å². The van der Waals surface area contributed by atoms with E-state index in [0.29, 0.717) is 6.42 Å². The molecule has 1 aromatic carbocycles. The van der Waals surface area contributed by atoms with Gasteiger partial charge in [0.15, 0.2) is 0 Å². The summed E-state index contributed by atoms with van der Waals surface area (Å²) in [5, 5.41) is 11.4. The van der Waals surface area contributed by atoms with Gasteiger partial charge in [0.2, 0.25) is 5.91 Å². The number of carbonyl (C=O) groups excluding carboxylic acids is 1. The average molecular weight is 232 g/mol. The zero-order valence-electron chi connectivity index (χ0n) is 10.1. The summed E-state index contributed by atoms with van der Waals surface area (Å²) in [6.45, 7) is 1.86. The molecule has 17 heavy (non-hydrogen) atoms. The second-order valence-electron chi connectivity index (χ2n) is 3.69. The smallest absolute Gasteiger partial charge is 0.225 e. The summed E-state index contributed by atoms with van der Waals surface area (Å²) in [5.74, 6) is 0.578. The van der Waals surface area contributed by atoms with Crippen LogP contribution in [0.4, 0.5) is 0 Å². The molecule has 0 heterocycles. The number of nitriles is 1. The Morgan fingerprint density at radius 1 is 1.59 bits per heavy atom. The molecule has 0 bridgehead atoms. The fourth-order valence-corrected chi connectivity index (χ4v) is 1.44. The summed E-state index contributed by atoms with van der Waals surface area (Å²) in [7, 11) is 1.59. The predicted octanol–water partition coefficient (Wildman–Crippen LogP) is 1.66. The highest BCUT2D eigenvalue weighted by atomic mass is 16.5. The van der Waals surface area contributed by atoms with Crippen LogP contribution in [0.2, 0.25) is 0 Å². The van der Waals surface area contributed by atoms with Gasteiger partial charge in [0, 0.05) is 0 Å². The minimum Gasteiger partial charge on any atom is -0.497 e. The normalized spacial score (nSPS) is 11.4. The van der Waals surface area contributed by atoms with Gasteiger partial charge < -0.3 is 10.1 Å². The van der Waals surface area contributed by atoms with E-state index in [2.05, 4.69) is 5.32 Å². The molecular weight excluding hydrogens is 216 g/mol. The number of methoxy groups -OCH3 is 1. The molecule has 0 aromatic heterocycles. The second kappa shape index (κ2) is 6.54. The Labute approximate surface area is 101 Å². The molecule has 0 aliphatic rings. The highest BCUT2D eigenvalue weighted by Gasteiger charge is 2.09. The minimum atomic E-state index is -0.409. The molecule has 0 spiro atoms. The molecule has 0 aliphatic carbocycles. The van der Waals surface area contributed by atoms with Crippen molar-refractivity contribution in [3.63, 3.8) is 0 Å². The van der Waals surface area contributed by atoms with Crippen LogP contribution in [0.15, 0.2) is 24.3 Å². The highest BCUT2D eigenvalue weighted by Crippen LogP contribution is 2.12. The van der Waals surface area contributed by atoms with Gasteiger partial charge in [-0.1, -0.05) is 19.1 Å². The molecule has 1 aromatic rings. The molecule has 1 N–H and O–H groups in total. The van der Waals surface area contributed by atoms with E-state index in [4.69, 9.17) is 10.00 Å². The zero-order chi connectivity index (χ0) is 12.7.